The molecule has 0 aliphatic carbocycles. The van der Waals surface area contributed by atoms with Crippen LogP contribution in [-0.2, 0) is 25.5 Å². The highest BCUT2D eigenvalue weighted by Gasteiger charge is 2.23. The molecule has 0 saturated carbocycles. The van der Waals surface area contributed by atoms with Crippen LogP contribution in [0, 0.1) is 5.82 Å². The number of allylic oxidation sites excluding steroid dienone is 3. The standard InChI is InChI=1S/C17H14FNO4/c1-23-17(22)15-8-12(10-21)14-9-13(18)7-11(16(14)19-15)5-3-2-4-6-20/h4,7-9,19H,2-3,5H2,1H3. The van der Waals surface area contributed by atoms with Crippen molar-refractivity contribution in [3.63, 3.8) is 0 Å². The van der Waals surface area contributed by atoms with E-state index in [1.165, 1.54) is 31.4 Å². The Morgan fingerprint density at radius 1 is 1.39 bits per heavy atom. The van der Waals surface area contributed by atoms with E-state index in [9.17, 15) is 18.8 Å². The van der Waals surface area contributed by atoms with E-state index in [1.807, 2.05) is 0 Å². The van der Waals surface area contributed by atoms with Gasteiger partial charge in [0.2, 0.25) is 0 Å². The fourth-order valence-electron chi connectivity index (χ4n) is 2.37. The summed E-state index contributed by atoms with van der Waals surface area (Å²) in [5.41, 5.74) is 1.57. The number of ether oxygens (including phenoxy) is 1. The molecule has 0 spiro atoms. The van der Waals surface area contributed by atoms with Gasteiger partial charge in [-0.2, -0.15) is 0 Å². The molecule has 1 aliphatic heterocycles. The Morgan fingerprint density at radius 3 is 2.83 bits per heavy atom. The summed E-state index contributed by atoms with van der Waals surface area (Å²) < 4.78 is 18.4. The van der Waals surface area contributed by atoms with Gasteiger partial charge in [0.25, 0.3) is 0 Å². The second-order valence-corrected chi connectivity index (χ2v) is 4.89. The van der Waals surface area contributed by atoms with Gasteiger partial charge in [-0.3, -0.25) is 0 Å². The second-order valence-electron chi connectivity index (χ2n) is 4.89. The van der Waals surface area contributed by atoms with Gasteiger partial charge >= 0.3 is 5.97 Å². The predicted octanol–water partition coefficient (Wildman–Crippen LogP) is 2.23. The van der Waals surface area contributed by atoms with Crippen molar-refractivity contribution in [3.8, 4) is 0 Å². The van der Waals surface area contributed by atoms with Crippen LogP contribution in [0.5, 0.6) is 0 Å². The Balaban J connectivity index is 2.43. The third-order valence-corrected chi connectivity index (χ3v) is 3.42. The van der Waals surface area contributed by atoms with Crippen LogP contribution < -0.4 is 5.32 Å². The number of carbonyl (C=O) groups is 1. The Hall–Kier alpha value is -2.94. The number of unbranched alkanes of at least 4 members (excludes halogenated alkanes) is 1. The van der Waals surface area contributed by atoms with Crippen molar-refractivity contribution in [1.29, 1.82) is 0 Å². The van der Waals surface area contributed by atoms with Gasteiger partial charge in [-0.05, 0) is 49.1 Å². The minimum absolute atomic E-state index is 0.0766. The van der Waals surface area contributed by atoms with E-state index in [4.69, 9.17) is 0 Å². The largest absolute Gasteiger partial charge is 0.464 e. The van der Waals surface area contributed by atoms with E-state index in [2.05, 4.69) is 10.1 Å². The molecule has 118 valence electrons. The van der Waals surface area contributed by atoms with Crippen LogP contribution in [0.4, 0.5) is 10.1 Å². The number of hydrogen-bond donors (Lipinski definition) is 1. The van der Waals surface area contributed by atoms with Crippen LogP contribution in [-0.4, -0.2) is 25.0 Å². The minimum Gasteiger partial charge on any atom is -0.464 e. The van der Waals surface area contributed by atoms with Crippen molar-refractivity contribution in [2.24, 2.45) is 0 Å². The van der Waals surface area contributed by atoms with Gasteiger partial charge in [-0.1, -0.05) is 0 Å². The first kappa shape index (κ1) is 16.4. The molecule has 1 aliphatic rings. The first-order valence-corrected chi connectivity index (χ1v) is 6.95. The maximum absolute atomic E-state index is 13.8. The molecule has 0 aromatic heterocycles. The van der Waals surface area contributed by atoms with Crippen molar-refractivity contribution in [2.45, 2.75) is 19.3 Å². The van der Waals surface area contributed by atoms with E-state index < -0.39 is 11.8 Å². The van der Waals surface area contributed by atoms with Crippen molar-refractivity contribution < 1.29 is 23.5 Å². The van der Waals surface area contributed by atoms with E-state index in [-0.39, 0.29) is 11.3 Å². The molecule has 0 fully saturated rings. The number of esters is 1. The van der Waals surface area contributed by atoms with Crippen LogP contribution in [0.2, 0.25) is 0 Å². The van der Waals surface area contributed by atoms with Gasteiger partial charge in [0, 0.05) is 5.56 Å². The topological polar surface area (TPSA) is 72.5 Å². The molecule has 23 heavy (non-hydrogen) atoms. The van der Waals surface area contributed by atoms with Crippen LogP contribution in [0.15, 0.2) is 30.0 Å². The lowest BCUT2D eigenvalue weighted by Crippen LogP contribution is -2.18. The molecule has 5 nitrogen and oxygen atoms in total. The van der Waals surface area contributed by atoms with Crippen molar-refractivity contribution in [2.75, 3.05) is 12.4 Å². The lowest BCUT2D eigenvalue weighted by atomic mass is 9.94. The summed E-state index contributed by atoms with van der Waals surface area (Å²) in [4.78, 5) is 33.0. The fraction of sp³-hybridized carbons (Fsp3) is 0.235. The normalized spacial score (nSPS) is 12.3. The summed E-state index contributed by atoms with van der Waals surface area (Å²) in [6, 6.07) is 2.54. The van der Waals surface area contributed by atoms with Gasteiger partial charge in [-0.15, -0.1) is 0 Å². The quantitative estimate of drug-likeness (QED) is 0.512. The number of nitrogens with one attached hydrogen (secondary N) is 1. The molecule has 0 unspecified atom stereocenters. The van der Waals surface area contributed by atoms with Crippen LogP contribution in [0.25, 0.3) is 5.57 Å². The predicted molar refractivity (Wildman–Crippen MR) is 82.4 cm³/mol. The van der Waals surface area contributed by atoms with E-state index in [0.29, 0.717) is 36.1 Å². The molecule has 0 bridgehead atoms. The maximum Gasteiger partial charge on any atom is 0.354 e. The highest BCUT2D eigenvalue weighted by Crippen LogP contribution is 2.35. The number of benzene rings is 1. The molecular formula is C17H14FNO4. The molecule has 0 atom stereocenters. The fourth-order valence-corrected chi connectivity index (χ4v) is 2.37. The summed E-state index contributed by atoms with van der Waals surface area (Å²) >= 11 is 0. The molecule has 6 heteroatoms. The number of anilines is 1. The average molecular weight is 315 g/mol. The van der Waals surface area contributed by atoms with Gasteiger partial charge < -0.3 is 10.1 Å². The first-order valence-electron chi connectivity index (χ1n) is 6.95. The van der Waals surface area contributed by atoms with Gasteiger partial charge in [0.15, 0.2) is 0 Å². The molecule has 2 rings (SSSR count). The molecule has 1 aromatic rings. The molecular weight excluding hydrogens is 301 g/mol. The van der Waals surface area contributed by atoms with Gasteiger partial charge in [-0.25, -0.2) is 18.8 Å². The molecule has 0 amide bonds. The monoisotopic (exact) mass is 315 g/mol. The van der Waals surface area contributed by atoms with Gasteiger partial charge in [0.05, 0.1) is 18.4 Å². The van der Waals surface area contributed by atoms with Crippen molar-refractivity contribution >= 4 is 29.1 Å². The summed E-state index contributed by atoms with van der Waals surface area (Å²) in [7, 11) is 1.22. The number of rotatable bonds is 5. The Morgan fingerprint density at radius 2 is 2.17 bits per heavy atom. The second kappa shape index (κ2) is 7.36. The minimum atomic E-state index is -0.637. The zero-order valence-electron chi connectivity index (χ0n) is 12.4. The molecule has 0 radical (unpaired) electrons. The summed E-state index contributed by atoms with van der Waals surface area (Å²) in [6.45, 7) is 0. The SMILES string of the molecule is COC(=O)C1=CC(=C=O)c2cc(F)cc(CCCC=C=O)c2N1. The van der Waals surface area contributed by atoms with Crippen molar-refractivity contribution in [3.05, 3.63) is 46.9 Å². The highest BCUT2D eigenvalue weighted by atomic mass is 19.1. The zero-order chi connectivity index (χ0) is 16.8. The summed E-state index contributed by atoms with van der Waals surface area (Å²) in [6.07, 6.45) is 4.20. The van der Waals surface area contributed by atoms with Crippen LogP contribution in [0.1, 0.15) is 24.0 Å². The number of carbonyl (C=O) groups excluding carboxylic acids is 3. The number of aryl methyl sites for hydroxylation is 1. The molecule has 1 aromatic carbocycles. The van der Waals surface area contributed by atoms with Crippen molar-refractivity contribution in [1.82, 2.24) is 0 Å². The summed E-state index contributed by atoms with van der Waals surface area (Å²) in [5.74, 6) is 2.27. The molecule has 1 N–H and O–H groups in total. The molecule has 1 heterocycles. The smallest absolute Gasteiger partial charge is 0.354 e. The van der Waals surface area contributed by atoms with Gasteiger partial charge in [0.1, 0.15) is 23.4 Å². The lowest BCUT2D eigenvalue weighted by Gasteiger charge is -2.21. The first-order chi connectivity index (χ1) is 11.1. The van der Waals surface area contributed by atoms with Crippen LogP contribution in [0.3, 0.4) is 0 Å². The highest BCUT2D eigenvalue weighted by molar-refractivity contribution is 6.06. The maximum atomic E-state index is 13.8. The van der Waals surface area contributed by atoms with E-state index in [0.717, 1.165) is 0 Å². The Labute approximate surface area is 132 Å². The zero-order valence-corrected chi connectivity index (χ0v) is 12.4. The summed E-state index contributed by atoms with van der Waals surface area (Å²) in [5, 5.41) is 2.88. The Bertz CT molecular complexity index is 769. The van der Waals surface area contributed by atoms with E-state index in [1.54, 1.807) is 11.9 Å². The number of fused-ring (bicyclic) bond motifs is 1. The van der Waals surface area contributed by atoms with E-state index >= 15 is 0 Å². The number of halogens is 1. The average Bonchev–Trinajstić information content (AvgIpc) is 2.56. The third kappa shape index (κ3) is 3.64. The number of methoxy groups -OCH3 is 1. The third-order valence-electron chi connectivity index (χ3n) is 3.42. The Kier molecular flexibility index (Phi) is 5.26. The molecule has 0 saturated heterocycles. The number of hydrogen-bond acceptors (Lipinski definition) is 5. The lowest BCUT2D eigenvalue weighted by molar-refractivity contribution is -0.135. The van der Waals surface area contributed by atoms with Crippen LogP contribution >= 0.6 is 0 Å².